The van der Waals surface area contributed by atoms with Crippen LogP contribution in [0, 0.1) is 0 Å². The Morgan fingerprint density at radius 1 is 1.30 bits per heavy atom. The van der Waals surface area contributed by atoms with Crippen LogP contribution < -0.4 is 0 Å². The largest absolute Gasteiger partial charge is 0.168 e. The Kier molecular flexibility index (Phi) is 1.35. The van der Waals surface area contributed by atoms with Crippen LogP contribution in [0.3, 0.4) is 0 Å². The van der Waals surface area contributed by atoms with Gasteiger partial charge in [0.25, 0.3) is 0 Å². The third kappa shape index (κ3) is 0.878. The van der Waals surface area contributed by atoms with E-state index in [4.69, 9.17) is 0 Å². The first kappa shape index (κ1) is 5.78. The second-order valence-electron chi connectivity index (χ2n) is 1.99. The van der Waals surface area contributed by atoms with Gasteiger partial charge in [-0.05, 0) is 17.5 Å². The first-order chi connectivity index (χ1) is 4.97. The van der Waals surface area contributed by atoms with Gasteiger partial charge in [-0.3, -0.25) is 0 Å². The third-order valence-corrected chi connectivity index (χ3v) is 2.10. The van der Waals surface area contributed by atoms with Gasteiger partial charge in [0.2, 0.25) is 0 Å². The number of rotatable bonds is 0. The van der Waals surface area contributed by atoms with Crippen LogP contribution in [0.25, 0.3) is 6.08 Å². The molecule has 1 nitrogen and oxygen atoms in total. The summed E-state index contributed by atoms with van der Waals surface area (Å²) >= 11 is 1.47. The summed E-state index contributed by atoms with van der Waals surface area (Å²) in [6.07, 6.45) is 1.89. The van der Waals surface area contributed by atoms with Crippen LogP contribution in [0.5, 0.6) is 0 Å². The Bertz CT molecular complexity index is 311. The molecule has 1 aromatic carbocycles. The Labute approximate surface area is 63.6 Å². The van der Waals surface area contributed by atoms with E-state index in [2.05, 4.69) is 22.4 Å². The van der Waals surface area contributed by atoms with Gasteiger partial charge in [0.15, 0.2) is 0 Å². The Morgan fingerprint density at radius 2 is 2.20 bits per heavy atom. The van der Waals surface area contributed by atoms with Gasteiger partial charge in [-0.25, -0.2) is 0 Å². The maximum atomic E-state index is 3.93. The molecule has 10 heavy (non-hydrogen) atoms. The fourth-order valence-corrected chi connectivity index (χ4v) is 1.43. The zero-order valence-corrected chi connectivity index (χ0v) is 6.06. The first-order valence-electron chi connectivity index (χ1n) is 3.02. The lowest BCUT2D eigenvalue weighted by Gasteiger charge is -2.01. The summed E-state index contributed by atoms with van der Waals surface area (Å²) in [7, 11) is 0. The molecule has 0 atom stereocenters. The molecule has 0 aliphatic carbocycles. The van der Waals surface area contributed by atoms with Crippen LogP contribution in [-0.2, 0) is 0 Å². The number of hydrogen-bond donors (Lipinski definition) is 0. The smallest absolute Gasteiger partial charge is 0.0392 e. The summed E-state index contributed by atoms with van der Waals surface area (Å²) in [5.74, 6) is 2.80. The molecule has 0 bridgehead atoms. The average molecular weight is 147 g/mol. The summed E-state index contributed by atoms with van der Waals surface area (Å²) in [6.45, 7) is 0. The van der Waals surface area contributed by atoms with E-state index >= 15 is 0 Å². The quantitative estimate of drug-likeness (QED) is 0.513. The Balaban J connectivity index is 2.63. The summed E-state index contributed by atoms with van der Waals surface area (Å²) < 4.78 is 3.93. The van der Waals surface area contributed by atoms with Crippen molar-refractivity contribution < 1.29 is 0 Å². The zero-order chi connectivity index (χ0) is 6.81. The molecule has 0 saturated heterocycles. The van der Waals surface area contributed by atoms with Crippen LogP contribution in [-0.4, -0.2) is 5.87 Å². The van der Waals surface area contributed by atoms with Gasteiger partial charge >= 0.3 is 0 Å². The van der Waals surface area contributed by atoms with E-state index in [0.717, 1.165) is 0 Å². The monoisotopic (exact) mass is 147 g/mol. The topological polar surface area (TPSA) is 12.4 Å². The van der Waals surface area contributed by atoms with Crippen LogP contribution in [0.2, 0.25) is 0 Å². The highest BCUT2D eigenvalue weighted by molar-refractivity contribution is 7.98. The summed E-state index contributed by atoms with van der Waals surface area (Å²) in [6, 6.07) is 8.15. The van der Waals surface area contributed by atoms with E-state index in [9.17, 15) is 0 Å². The molecule has 1 heterocycles. The highest BCUT2D eigenvalue weighted by atomic mass is 32.2. The molecule has 1 aliphatic heterocycles. The van der Waals surface area contributed by atoms with Gasteiger partial charge < -0.3 is 0 Å². The fraction of sp³-hybridized carbons (Fsp3) is 0. The molecular formula is C8H5NS. The molecule has 48 valence electrons. The lowest BCUT2D eigenvalue weighted by atomic mass is 10.2. The minimum Gasteiger partial charge on any atom is -0.168 e. The number of hydrogen-bond acceptors (Lipinski definition) is 2. The summed E-state index contributed by atoms with van der Waals surface area (Å²) in [5.41, 5.74) is 1.21. The van der Waals surface area contributed by atoms with Gasteiger partial charge in [0.05, 0.1) is 0 Å². The molecular weight excluding hydrogens is 142 g/mol. The van der Waals surface area contributed by atoms with Crippen molar-refractivity contribution in [2.45, 2.75) is 4.90 Å². The van der Waals surface area contributed by atoms with Crippen molar-refractivity contribution in [2.75, 3.05) is 0 Å². The van der Waals surface area contributed by atoms with Crippen molar-refractivity contribution in [1.29, 1.82) is 0 Å². The van der Waals surface area contributed by atoms with E-state index in [1.165, 1.54) is 22.4 Å². The lowest BCUT2D eigenvalue weighted by molar-refractivity contribution is 1.42. The second kappa shape index (κ2) is 2.33. The van der Waals surface area contributed by atoms with Crippen molar-refractivity contribution in [3.8, 4) is 0 Å². The van der Waals surface area contributed by atoms with Gasteiger partial charge in [0, 0.05) is 22.9 Å². The van der Waals surface area contributed by atoms with Crippen molar-refractivity contribution in [2.24, 2.45) is 4.40 Å². The minimum atomic E-state index is 1.21. The molecule has 0 spiro atoms. The number of fused-ring (bicyclic) bond motifs is 1. The normalized spacial score (nSPS) is 13.2. The molecule has 0 N–H and O–H groups in total. The summed E-state index contributed by atoms with van der Waals surface area (Å²) in [5, 5.41) is 0. The van der Waals surface area contributed by atoms with E-state index in [-0.39, 0.29) is 0 Å². The van der Waals surface area contributed by atoms with Crippen LogP contribution in [0.4, 0.5) is 0 Å². The summed E-state index contributed by atoms with van der Waals surface area (Å²) in [4.78, 5) is 1.21. The molecule has 1 aliphatic rings. The minimum absolute atomic E-state index is 1.21. The SMILES string of the molecule is C1=Cc2ccccc2SN=1. The molecule has 0 radical (unpaired) electrons. The van der Waals surface area contributed by atoms with Gasteiger partial charge in [-0.1, -0.05) is 18.2 Å². The fourth-order valence-electron chi connectivity index (χ4n) is 0.854. The van der Waals surface area contributed by atoms with Crippen molar-refractivity contribution in [3.63, 3.8) is 0 Å². The average Bonchev–Trinajstić information content (AvgIpc) is 2.05. The van der Waals surface area contributed by atoms with Crippen LogP contribution in [0.1, 0.15) is 5.56 Å². The van der Waals surface area contributed by atoms with Crippen molar-refractivity contribution >= 4 is 23.9 Å². The molecule has 0 saturated carbocycles. The van der Waals surface area contributed by atoms with Crippen LogP contribution >= 0.6 is 11.9 Å². The predicted octanol–water partition coefficient (Wildman–Crippen LogP) is 2.39. The molecule has 0 aromatic heterocycles. The van der Waals surface area contributed by atoms with Gasteiger partial charge in [-0.2, -0.15) is 4.40 Å². The van der Waals surface area contributed by atoms with Crippen LogP contribution in [0.15, 0.2) is 33.6 Å². The standard InChI is InChI=1S/C8H5NS/c1-2-4-8-7(3-1)5-6-9-10-8/h1-5H. The van der Waals surface area contributed by atoms with Gasteiger partial charge in [-0.15, -0.1) is 0 Å². The third-order valence-electron chi connectivity index (χ3n) is 1.34. The molecule has 2 rings (SSSR count). The molecule has 0 unspecified atom stereocenters. The van der Waals surface area contributed by atoms with E-state index in [1.807, 2.05) is 18.2 Å². The lowest BCUT2D eigenvalue weighted by Crippen LogP contribution is -1.79. The van der Waals surface area contributed by atoms with E-state index < -0.39 is 0 Å². The number of benzene rings is 1. The predicted molar refractivity (Wildman–Crippen MR) is 44.2 cm³/mol. The molecule has 1 aromatic rings. The molecule has 0 amide bonds. The van der Waals surface area contributed by atoms with E-state index in [1.54, 1.807) is 0 Å². The maximum absolute atomic E-state index is 3.93. The Morgan fingerprint density at radius 3 is 3.10 bits per heavy atom. The van der Waals surface area contributed by atoms with Crippen molar-refractivity contribution in [3.05, 3.63) is 29.8 Å². The maximum Gasteiger partial charge on any atom is 0.0392 e. The van der Waals surface area contributed by atoms with Gasteiger partial charge in [0.1, 0.15) is 0 Å². The second-order valence-corrected chi connectivity index (χ2v) is 2.80. The number of nitrogens with zero attached hydrogens (tertiary/aromatic N) is 1. The molecule has 2 heteroatoms. The highest BCUT2D eigenvalue weighted by Crippen LogP contribution is 2.25. The Hall–Kier alpha value is -0.980. The van der Waals surface area contributed by atoms with Crippen molar-refractivity contribution in [1.82, 2.24) is 0 Å². The highest BCUT2D eigenvalue weighted by Gasteiger charge is 1.99. The first-order valence-corrected chi connectivity index (χ1v) is 3.79. The zero-order valence-electron chi connectivity index (χ0n) is 5.24. The van der Waals surface area contributed by atoms with E-state index in [0.29, 0.717) is 0 Å². The molecule has 0 fully saturated rings.